The molecule has 1 aromatic carbocycles. The molecular weight excluding hydrogens is 236 g/mol. The van der Waals surface area contributed by atoms with E-state index in [9.17, 15) is 0 Å². The Bertz CT molecular complexity index is 400. The summed E-state index contributed by atoms with van der Waals surface area (Å²) in [6.45, 7) is 5.02. The predicted octanol–water partition coefficient (Wildman–Crippen LogP) is 1.98. The molecule has 0 bridgehead atoms. The van der Waals surface area contributed by atoms with E-state index in [2.05, 4.69) is 35.2 Å². The van der Waals surface area contributed by atoms with E-state index in [1.54, 1.807) is 0 Å². The number of nitrogens with two attached hydrogens (primary N) is 1. The Hall–Kier alpha value is -0.900. The van der Waals surface area contributed by atoms with E-state index in [0.29, 0.717) is 5.92 Å². The third kappa shape index (κ3) is 3.16. The van der Waals surface area contributed by atoms with Crippen LogP contribution in [-0.2, 0) is 4.74 Å². The topological polar surface area (TPSA) is 38.5 Å². The van der Waals surface area contributed by atoms with Crippen molar-refractivity contribution >= 4 is 0 Å². The van der Waals surface area contributed by atoms with Gasteiger partial charge in [-0.2, -0.15) is 0 Å². The summed E-state index contributed by atoms with van der Waals surface area (Å²) in [5, 5.41) is 0. The lowest BCUT2D eigenvalue weighted by Gasteiger charge is -2.36. The third-order valence-corrected chi connectivity index (χ3v) is 4.57. The summed E-state index contributed by atoms with van der Waals surface area (Å²) in [7, 11) is 0. The average Bonchev–Trinajstić information content (AvgIpc) is 2.88. The molecule has 3 heteroatoms. The number of rotatable bonds is 3. The first-order chi connectivity index (χ1) is 9.25. The minimum atomic E-state index is -0.0240. The zero-order valence-electron chi connectivity index (χ0n) is 11.6. The highest BCUT2D eigenvalue weighted by Gasteiger charge is 2.33. The molecule has 2 aliphatic rings. The molecule has 0 spiro atoms. The van der Waals surface area contributed by atoms with Gasteiger partial charge in [-0.25, -0.2) is 0 Å². The zero-order chi connectivity index (χ0) is 13.1. The maximum absolute atomic E-state index is 6.50. The molecule has 0 amide bonds. The van der Waals surface area contributed by atoms with Gasteiger partial charge in [-0.3, -0.25) is 0 Å². The van der Waals surface area contributed by atoms with E-state index in [4.69, 9.17) is 10.5 Å². The van der Waals surface area contributed by atoms with Crippen molar-refractivity contribution in [2.75, 3.05) is 32.8 Å². The van der Waals surface area contributed by atoms with E-state index < -0.39 is 0 Å². The Labute approximate surface area is 115 Å². The van der Waals surface area contributed by atoms with Crippen LogP contribution in [0, 0.1) is 0 Å². The second-order valence-electron chi connectivity index (χ2n) is 6.11. The molecule has 2 heterocycles. The first-order valence-electron chi connectivity index (χ1n) is 7.39. The van der Waals surface area contributed by atoms with Gasteiger partial charge in [0.1, 0.15) is 0 Å². The minimum Gasteiger partial charge on any atom is -0.381 e. The Morgan fingerprint density at radius 2 is 1.95 bits per heavy atom. The number of hydrogen-bond acceptors (Lipinski definition) is 3. The fraction of sp³-hybridized carbons (Fsp3) is 0.625. The van der Waals surface area contributed by atoms with E-state index in [-0.39, 0.29) is 5.54 Å². The number of ether oxygens (including phenoxy) is 1. The normalized spacial score (nSPS) is 27.5. The Morgan fingerprint density at radius 1 is 1.21 bits per heavy atom. The second-order valence-corrected chi connectivity index (χ2v) is 6.11. The van der Waals surface area contributed by atoms with Gasteiger partial charge in [-0.15, -0.1) is 0 Å². The lowest BCUT2D eigenvalue weighted by Crippen LogP contribution is -2.53. The van der Waals surface area contributed by atoms with Crippen molar-refractivity contribution in [3.8, 4) is 0 Å². The van der Waals surface area contributed by atoms with E-state index in [1.807, 2.05) is 0 Å². The second kappa shape index (κ2) is 5.61. The highest BCUT2D eigenvalue weighted by molar-refractivity contribution is 5.21. The largest absolute Gasteiger partial charge is 0.381 e. The molecule has 1 unspecified atom stereocenters. The average molecular weight is 260 g/mol. The summed E-state index contributed by atoms with van der Waals surface area (Å²) in [6, 6.07) is 10.9. The SMILES string of the molecule is NC1(CN2CCC(c3ccccc3)C2)CCOCC1. The van der Waals surface area contributed by atoms with Crippen molar-refractivity contribution in [1.82, 2.24) is 4.90 Å². The van der Waals surface area contributed by atoms with Gasteiger partial charge >= 0.3 is 0 Å². The van der Waals surface area contributed by atoms with Gasteiger partial charge in [-0.1, -0.05) is 30.3 Å². The van der Waals surface area contributed by atoms with Gasteiger partial charge in [0.2, 0.25) is 0 Å². The van der Waals surface area contributed by atoms with Gasteiger partial charge in [0.25, 0.3) is 0 Å². The van der Waals surface area contributed by atoms with Gasteiger partial charge in [0, 0.05) is 31.8 Å². The van der Waals surface area contributed by atoms with Crippen molar-refractivity contribution in [3.63, 3.8) is 0 Å². The maximum atomic E-state index is 6.50. The quantitative estimate of drug-likeness (QED) is 0.903. The molecular formula is C16H24N2O. The molecule has 1 atom stereocenters. The Balaban J connectivity index is 1.57. The van der Waals surface area contributed by atoms with E-state index >= 15 is 0 Å². The predicted molar refractivity (Wildman–Crippen MR) is 77.2 cm³/mol. The Kier molecular flexibility index (Phi) is 3.87. The summed E-state index contributed by atoms with van der Waals surface area (Å²) in [6.07, 6.45) is 3.26. The summed E-state index contributed by atoms with van der Waals surface area (Å²) < 4.78 is 5.42. The molecule has 3 rings (SSSR count). The minimum absolute atomic E-state index is 0.0240. The maximum Gasteiger partial charge on any atom is 0.0484 e. The molecule has 2 saturated heterocycles. The summed E-state index contributed by atoms with van der Waals surface area (Å²) in [5.41, 5.74) is 7.95. The van der Waals surface area contributed by atoms with Crippen LogP contribution in [0.1, 0.15) is 30.7 Å². The third-order valence-electron chi connectivity index (χ3n) is 4.57. The Morgan fingerprint density at radius 3 is 2.68 bits per heavy atom. The molecule has 104 valence electrons. The fourth-order valence-electron chi connectivity index (χ4n) is 3.35. The van der Waals surface area contributed by atoms with Crippen molar-refractivity contribution in [2.24, 2.45) is 5.73 Å². The molecule has 19 heavy (non-hydrogen) atoms. The molecule has 0 radical (unpaired) electrons. The van der Waals surface area contributed by atoms with Crippen molar-refractivity contribution in [3.05, 3.63) is 35.9 Å². The first kappa shape index (κ1) is 13.1. The van der Waals surface area contributed by atoms with Crippen LogP contribution in [0.4, 0.5) is 0 Å². The van der Waals surface area contributed by atoms with Crippen LogP contribution >= 0.6 is 0 Å². The molecule has 3 nitrogen and oxygen atoms in total. The molecule has 2 fully saturated rings. The molecule has 2 N–H and O–H groups in total. The van der Waals surface area contributed by atoms with Crippen molar-refractivity contribution in [1.29, 1.82) is 0 Å². The van der Waals surface area contributed by atoms with Gasteiger partial charge in [-0.05, 0) is 37.3 Å². The van der Waals surface area contributed by atoms with Crippen LogP contribution in [0.25, 0.3) is 0 Å². The molecule has 0 aliphatic carbocycles. The smallest absolute Gasteiger partial charge is 0.0484 e. The monoisotopic (exact) mass is 260 g/mol. The molecule has 2 aliphatic heterocycles. The van der Waals surface area contributed by atoms with Crippen LogP contribution in [0.3, 0.4) is 0 Å². The van der Waals surface area contributed by atoms with E-state index in [1.165, 1.54) is 18.5 Å². The number of likely N-dealkylation sites (tertiary alicyclic amines) is 1. The van der Waals surface area contributed by atoms with Crippen molar-refractivity contribution < 1.29 is 4.74 Å². The van der Waals surface area contributed by atoms with Gasteiger partial charge < -0.3 is 15.4 Å². The van der Waals surface area contributed by atoms with Crippen LogP contribution in [-0.4, -0.2) is 43.3 Å². The summed E-state index contributed by atoms with van der Waals surface area (Å²) in [4.78, 5) is 2.54. The molecule has 0 aromatic heterocycles. The summed E-state index contributed by atoms with van der Waals surface area (Å²) in [5.74, 6) is 0.685. The first-order valence-corrected chi connectivity index (χ1v) is 7.39. The number of hydrogen-bond donors (Lipinski definition) is 1. The fourth-order valence-corrected chi connectivity index (χ4v) is 3.35. The summed E-state index contributed by atoms with van der Waals surface area (Å²) >= 11 is 0. The zero-order valence-corrected chi connectivity index (χ0v) is 11.6. The van der Waals surface area contributed by atoms with Crippen LogP contribution in [0.5, 0.6) is 0 Å². The standard InChI is InChI=1S/C16H24N2O/c17-16(7-10-19-11-8-16)13-18-9-6-15(12-18)14-4-2-1-3-5-14/h1-5,15H,6-13,17H2. The van der Waals surface area contributed by atoms with Gasteiger partial charge in [0.05, 0.1) is 0 Å². The van der Waals surface area contributed by atoms with Crippen LogP contribution < -0.4 is 5.73 Å². The van der Waals surface area contributed by atoms with Crippen LogP contribution in [0.2, 0.25) is 0 Å². The number of benzene rings is 1. The van der Waals surface area contributed by atoms with Crippen molar-refractivity contribution in [2.45, 2.75) is 30.7 Å². The lowest BCUT2D eigenvalue weighted by molar-refractivity contribution is 0.0407. The highest BCUT2D eigenvalue weighted by atomic mass is 16.5. The lowest BCUT2D eigenvalue weighted by atomic mass is 9.91. The van der Waals surface area contributed by atoms with Crippen LogP contribution in [0.15, 0.2) is 30.3 Å². The number of nitrogens with zero attached hydrogens (tertiary/aromatic N) is 1. The van der Waals surface area contributed by atoms with Gasteiger partial charge in [0.15, 0.2) is 0 Å². The molecule has 0 saturated carbocycles. The highest BCUT2D eigenvalue weighted by Crippen LogP contribution is 2.29. The molecule has 1 aromatic rings. The van der Waals surface area contributed by atoms with E-state index in [0.717, 1.165) is 39.1 Å².